The van der Waals surface area contributed by atoms with Crippen molar-refractivity contribution in [2.24, 2.45) is 0 Å². The molecule has 25 heavy (non-hydrogen) atoms. The smallest absolute Gasteiger partial charge is 0.291 e. The Morgan fingerprint density at radius 1 is 1.36 bits per heavy atom. The second-order valence-corrected chi connectivity index (χ2v) is 6.61. The van der Waals surface area contributed by atoms with Crippen molar-refractivity contribution in [1.29, 1.82) is 0 Å². The summed E-state index contributed by atoms with van der Waals surface area (Å²) in [5, 5.41) is 9.57. The SMILES string of the molecule is Cc1cc(NC(=O)c2ccco2)sc1C(=O)NCC1=CCNCC1.Cl. The van der Waals surface area contributed by atoms with E-state index in [1.165, 1.54) is 23.2 Å². The zero-order valence-electron chi connectivity index (χ0n) is 13.8. The molecule has 6 nitrogen and oxygen atoms in total. The molecule has 134 valence electrons. The number of furan rings is 1. The van der Waals surface area contributed by atoms with Gasteiger partial charge in [-0.2, -0.15) is 0 Å². The van der Waals surface area contributed by atoms with Crippen molar-refractivity contribution >= 4 is 40.6 Å². The third-order valence-electron chi connectivity index (χ3n) is 3.74. The number of rotatable bonds is 5. The third kappa shape index (κ3) is 4.94. The van der Waals surface area contributed by atoms with E-state index in [1.807, 2.05) is 6.92 Å². The minimum atomic E-state index is -0.326. The van der Waals surface area contributed by atoms with Gasteiger partial charge in [0, 0.05) is 13.1 Å². The normalized spacial score (nSPS) is 13.6. The summed E-state index contributed by atoms with van der Waals surface area (Å²) in [5.74, 6) is -0.201. The fraction of sp³-hybridized carbons (Fsp3) is 0.294. The van der Waals surface area contributed by atoms with Crippen LogP contribution in [0.5, 0.6) is 0 Å². The Balaban J connectivity index is 0.00000225. The Morgan fingerprint density at radius 2 is 2.20 bits per heavy atom. The number of hydrogen-bond donors (Lipinski definition) is 3. The van der Waals surface area contributed by atoms with Crippen molar-refractivity contribution in [2.75, 3.05) is 25.0 Å². The molecular weight excluding hydrogens is 362 g/mol. The molecule has 0 saturated heterocycles. The maximum absolute atomic E-state index is 12.4. The first kappa shape index (κ1) is 19.2. The van der Waals surface area contributed by atoms with Gasteiger partial charge in [-0.3, -0.25) is 9.59 Å². The summed E-state index contributed by atoms with van der Waals surface area (Å²) < 4.78 is 5.06. The molecule has 2 aromatic heterocycles. The van der Waals surface area contributed by atoms with Crippen LogP contribution in [0.1, 0.15) is 32.2 Å². The fourth-order valence-electron chi connectivity index (χ4n) is 2.45. The molecule has 0 spiro atoms. The zero-order chi connectivity index (χ0) is 16.9. The molecule has 0 unspecified atom stereocenters. The van der Waals surface area contributed by atoms with Crippen molar-refractivity contribution in [3.8, 4) is 0 Å². The lowest BCUT2D eigenvalue weighted by molar-refractivity contribution is 0.0958. The first-order valence-electron chi connectivity index (χ1n) is 7.75. The molecule has 8 heteroatoms. The van der Waals surface area contributed by atoms with Gasteiger partial charge in [0.05, 0.1) is 16.1 Å². The molecule has 0 saturated carbocycles. The van der Waals surface area contributed by atoms with Gasteiger partial charge in [-0.1, -0.05) is 11.6 Å². The summed E-state index contributed by atoms with van der Waals surface area (Å²) in [4.78, 5) is 25.0. The number of aryl methyl sites for hydroxylation is 1. The van der Waals surface area contributed by atoms with Crippen LogP contribution in [0.3, 0.4) is 0 Å². The van der Waals surface area contributed by atoms with Crippen LogP contribution in [0.25, 0.3) is 0 Å². The minimum absolute atomic E-state index is 0. The van der Waals surface area contributed by atoms with Crippen molar-refractivity contribution in [2.45, 2.75) is 13.3 Å². The Labute approximate surface area is 156 Å². The molecule has 1 aliphatic rings. The number of carbonyl (C=O) groups is 2. The number of nitrogens with one attached hydrogen (secondary N) is 3. The molecule has 0 aromatic carbocycles. The predicted octanol–water partition coefficient (Wildman–Crippen LogP) is 2.97. The van der Waals surface area contributed by atoms with Gasteiger partial charge in [0.25, 0.3) is 11.8 Å². The molecule has 0 fully saturated rings. The van der Waals surface area contributed by atoms with Crippen LogP contribution in [0.2, 0.25) is 0 Å². The van der Waals surface area contributed by atoms with E-state index in [9.17, 15) is 9.59 Å². The van der Waals surface area contributed by atoms with E-state index in [0.29, 0.717) is 16.4 Å². The van der Waals surface area contributed by atoms with Gasteiger partial charge in [0.15, 0.2) is 5.76 Å². The van der Waals surface area contributed by atoms with Crippen molar-refractivity contribution in [3.63, 3.8) is 0 Å². The molecule has 2 aromatic rings. The average molecular weight is 382 g/mol. The number of carbonyl (C=O) groups excluding carboxylic acids is 2. The molecule has 1 aliphatic heterocycles. The monoisotopic (exact) mass is 381 g/mol. The number of amides is 2. The topological polar surface area (TPSA) is 83.4 Å². The summed E-state index contributed by atoms with van der Waals surface area (Å²) in [6, 6.07) is 5.04. The molecule has 0 aliphatic carbocycles. The Bertz CT molecular complexity index is 768. The van der Waals surface area contributed by atoms with Crippen LogP contribution in [0.15, 0.2) is 40.5 Å². The second-order valence-electron chi connectivity index (χ2n) is 5.55. The van der Waals surface area contributed by atoms with Crippen LogP contribution in [0, 0.1) is 6.92 Å². The first-order valence-corrected chi connectivity index (χ1v) is 8.57. The Morgan fingerprint density at radius 3 is 2.88 bits per heavy atom. The molecular formula is C17H20ClN3O3S. The summed E-state index contributed by atoms with van der Waals surface area (Å²) in [5.41, 5.74) is 2.08. The molecule has 2 amide bonds. The van der Waals surface area contributed by atoms with Crippen molar-refractivity contribution < 1.29 is 14.0 Å². The fourth-order valence-corrected chi connectivity index (χ4v) is 3.44. The Hall–Kier alpha value is -2.09. The highest BCUT2D eigenvalue weighted by atomic mass is 35.5. The van der Waals surface area contributed by atoms with E-state index in [-0.39, 0.29) is 30.0 Å². The van der Waals surface area contributed by atoms with Gasteiger partial charge < -0.3 is 20.4 Å². The van der Waals surface area contributed by atoms with Crippen LogP contribution < -0.4 is 16.0 Å². The highest BCUT2D eigenvalue weighted by Crippen LogP contribution is 2.27. The van der Waals surface area contributed by atoms with Gasteiger partial charge in [0.2, 0.25) is 0 Å². The maximum Gasteiger partial charge on any atom is 0.291 e. The molecule has 3 rings (SSSR count). The average Bonchev–Trinajstić information content (AvgIpc) is 3.23. The van der Waals surface area contributed by atoms with Crippen LogP contribution >= 0.6 is 23.7 Å². The Kier molecular flexibility index (Phi) is 6.81. The quantitative estimate of drug-likeness (QED) is 0.695. The van der Waals surface area contributed by atoms with Gasteiger partial charge in [0.1, 0.15) is 0 Å². The van der Waals surface area contributed by atoms with E-state index in [2.05, 4.69) is 22.0 Å². The largest absolute Gasteiger partial charge is 0.459 e. The highest BCUT2D eigenvalue weighted by Gasteiger charge is 2.16. The predicted molar refractivity (Wildman–Crippen MR) is 101 cm³/mol. The molecule has 0 radical (unpaired) electrons. The number of anilines is 1. The van der Waals surface area contributed by atoms with Gasteiger partial charge in [-0.15, -0.1) is 23.7 Å². The standard InChI is InChI=1S/C17H19N3O3S.ClH/c1-11-9-14(20-16(21)13-3-2-8-23-13)24-15(11)17(22)19-10-12-4-6-18-7-5-12;/h2-4,8-9,18H,5-7,10H2,1H3,(H,19,22)(H,20,21);1H. The van der Waals surface area contributed by atoms with E-state index in [0.717, 1.165) is 25.1 Å². The van der Waals surface area contributed by atoms with Crippen LogP contribution in [-0.2, 0) is 0 Å². The number of thiophene rings is 1. The highest BCUT2D eigenvalue weighted by molar-refractivity contribution is 7.18. The van der Waals surface area contributed by atoms with E-state index in [1.54, 1.807) is 18.2 Å². The summed E-state index contributed by atoms with van der Waals surface area (Å²) >= 11 is 1.26. The van der Waals surface area contributed by atoms with E-state index >= 15 is 0 Å². The lowest BCUT2D eigenvalue weighted by atomic mass is 10.1. The summed E-state index contributed by atoms with van der Waals surface area (Å²) in [6.07, 6.45) is 4.51. The minimum Gasteiger partial charge on any atom is -0.459 e. The van der Waals surface area contributed by atoms with Gasteiger partial charge >= 0.3 is 0 Å². The van der Waals surface area contributed by atoms with Crippen molar-refractivity contribution in [3.05, 3.63) is 52.3 Å². The van der Waals surface area contributed by atoms with Crippen LogP contribution in [0.4, 0.5) is 5.00 Å². The van der Waals surface area contributed by atoms with E-state index < -0.39 is 0 Å². The lowest BCUT2D eigenvalue weighted by Gasteiger charge is -2.14. The van der Waals surface area contributed by atoms with Crippen molar-refractivity contribution in [1.82, 2.24) is 10.6 Å². The first-order chi connectivity index (χ1) is 11.6. The van der Waals surface area contributed by atoms with Gasteiger partial charge in [-0.25, -0.2) is 0 Å². The van der Waals surface area contributed by atoms with Gasteiger partial charge in [-0.05, 0) is 43.7 Å². The maximum atomic E-state index is 12.4. The molecule has 3 N–H and O–H groups in total. The van der Waals surface area contributed by atoms with Crippen LogP contribution in [-0.4, -0.2) is 31.4 Å². The zero-order valence-corrected chi connectivity index (χ0v) is 15.4. The van der Waals surface area contributed by atoms with E-state index in [4.69, 9.17) is 4.42 Å². The summed E-state index contributed by atoms with van der Waals surface area (Å²) in [7, 11) is 0. The molecule has 3 heterocycles. The molecule has 0 bridgehead atoms. The second kappa shape index (κ2) is 8.84. The summed E-state index contributed by atoms with van der Waals surface area (Å²) in [6.45, 7) is 4.22. The lowest BCUT2D eigenvalue weighted by Crippen LogP contribution is -2.29. The third-order valence-corrected chi connectivity index (χ3v) is 4.89. The number of hydrogen-bond acceptors (Lipinski definition) is 5. The molecule has 0 atom stereocenters. The number of halogens is 1.